The fourth-order valence-corrected chi connectivity index (χ4v) is 2.90. The van der Waals surface area contributed by atoms with E-state index in [4.69, 9.17) is 6.42 Å². The van der Waals surface area contributed by atoms with Crippen LogP contribution in [-0.4, -0.2) is 73.3 Å². The van der Waals surface area contributed by atoms with Crippen molar-refractivity contribution in [1.29, 1.82) is 0 Å². The van der Waals surface area contributed by atoms with Gasteiger partial charge in [-0.2, -0.15) is 0 Å². The number of halogens is 3. The van der Waals surface area contributed by atoms with Crippen molar-refractivity contribution in [3.63, 3.8) is 0 Å². The SMILES string of the molecule is C#CCNC(=O)C(C)N1CCN(CC(=O)Nc2ccc(OC(F)(F)F)cc2)CC1. The van der Waals surface area contributed by atoms with E-state index in [1.165, 1.54) is 12.1 Å². The van der Waals surface area contributed by atoms with Crippen molar-refractivity contribution in [3.05, 3.63) is 24.3 Å². The molecule has 1 saturated heterocycles. The molecule has 1 aliphatic rings. The summed E-state index contributed by atoms with van der Waals surface area (Å²) in [6.07, 6.45) is 0.375. The molecule has 7 nitrogen and oxygen atoms in total. The van der Waals surface area contributed by atoms with Crippen LogP contribution in [0.2, 0.25) is 0 Å². The Balaban J connectivity index is 1.75. The summed E-state index contributed by atoms with van der Waals surface area (Å²) in [5.74, 6) is 1.60. The maximum Gasteiger partial charge on any atom is 0.573 e. The normalized spacial score (nSPS) is 16.5. The van der Waals surface area contributed by atoms with Gasteiger partial charge in [0.25, 0.3) is 0 Å². The topological polar surface area (TPSA) is 73.9 Å². The molecule has 1 aromatic carbocycles. The van der Waals surface area contributed by atoms with Crippen molar-refractivity contribution in [1.82, 2.24) is 15.1 Å². The Kier molecular flexibility index (Phi) is 7.87. The van der Waals surface area contributed by atoms with Crippen molar-refractivity contribution in [3.8, 4) is 18.1 Å². The van der Waals surface area contributed by atoms with Gasteiger partial charge in [-0.05, 0) is 31.2 Å². The van der Waals surface area contributed by atoms with E-state index in [0.717, 1.165) is 12.1 Å². The summed E-state index contributed by atoms with van der Waals surface area (Å²) in [5.41, 5.74) is 0.377. The van der Waals surface area contributed by atoms with Crippen LogP contribution in [0.5, 0.6) is 5.75 Å². The Morgan fingerprint density at radius 3 is 2.38 bits per heavy atom. The van der Waals surface area contributed by atoms with E-state index < -0.39 is 6.36 Å². The molecule has 0 aliphatic carbocycles. The fourth-order valence-electron chi connectivity index (χ4n) is 2.90. The molecule has 1 aliphatic heterocycles. The number of carbonyl (C=O) groups is 2. The molecule has 2 N–H and O–H groups in total. The molecular weight excluding hydrogens is 389 g/mol. The van der Waals surface area contributed by atoms with Crippen LogP contribution < -0.4 is 15.4 Å². The summed E-state index contributed by atoms with van der Waals surface area (Å²) in [6, 6.07) is 4.64. The van der Waals surface area contributed by atoms with E-state index >= 15 is 0 Å². The molecule has 1 heterocycles. The van der Waals surface area contributed by atoms with Crippen LogP contribution in [-0.2, 0) is 9.59 Å². The minimum absolute atomic E-state index is 0.132. The second-order valence-electron chi connectivity index (χ2n) is 6.53. The van der Waals surface area contributed by atoms with Crippen LogP contribution in [0.3, 0.4) is 0 Å². The molecule has 1 fully saturated rings. The van der Waals surface area contributed by atoms with Crippen molar-refractivity contribution >= 4 is 17.5 Å². The number of alkyl halides is 3. The highest BCUT2D eigenvalue weighted by atomic mass is 19.4. The van der Waals surface area contributed by atoms with E-state index in [9.17, 15) is 22.8 Å². The second-order valence-corrected chi connectivity index (χ2v) is 6.53. The molecule has 0 saturated carbocycles. The van der Waals surface area contributed by atoms with Crippen molar-refractivity contribution in [2.75, 3.05) is 44.6 Å². The Bertz CT molecular complexity index is 739. The molecule has 0 radical (unpaired) electrons. The first kappa shape index (κ1) is 22.5. The maximum absolute atomic E-state index is 12.2. The summed E-state index contributed by atoms with van der Waals surface area (Å²) in [7, 11) is 0. The number of terminal acetylenes is 1. The van der Waals surface area contributed by atoms with Gasteiger partial charge < -0.3 is 15.4 Å². The molecule has 1 atom stereocenters. The third-order valence-corrected chi connectivity index (χ3v) is 4.44. The Labute approximate surface area is 167 Å². The van der Waals surface area contributed by atoms with E-state index in [1.807, 2.05) is 9.80 Å². The molecular formula is C19H23F3N4O3. The van der Waals surface area contributed by atoms with E-state index in [-0.39, 0.29) is 36.7 Å². The van der Waals surface area contributed by atoms with E-state index in [2.05, 4.69) is 21.3 Å². The van der Waals surface area contributed by atoms with Gasteiger partial charge in [0.05, 0.1) is 19.1 Å². The fraction of sp³-hybridized carbons (Fsp3) is 0.474. The number of rotatable bonds is 7. The molecule has 10 heteroatoms. The zero-order valence-corrected chi connectivity index (χ0v) is 16.0. The maximum atomic E-state index is 12.2. The largest absolute Gasteiger partial charge is 0.573 e. The smallest absolute Gasteiger partial charge is 0.406 e. The van der Waals surface area contributed by atoms with Crippen LogP contribution in [0, 0.1) is 12.3 Å². The Hall–Kier alpha value is -2.77. The minimum Gasteiger partial charge on any atom is -0.406 e. The predicted octanol–water partition coefficient (Wildman–Crippen LogP) is 1.28. The van der Waals surface area contributed by atoms with Gasteiger partial charge in [-0.1, -0.05) is 5.92 Å². The van der Waals surface area contributed by atoms with Gasteiger partial charge in [-0.15, -0.1) is 19.6 Å². The molecule has 2 amide bonds. The molecule has 158 valence electrons. The number of piperazine rings is 1. The molecule has 29 heavy (non-hydrogen) atoms. The number of hydrogen-bond acceptors (Lipinski definition) is 5. The number of anilines is 1. The first-order valence-corrected chi connectivity index (χ1v) is 9.01. The average molecular weight is 412 g/mol. The van der Waals surface area contributed by atoms with Gasteiger partial charge in [0.1, 0.15) is 5.75 Å². The predicted molar refractivity (Wildman–Crippen MR) is 101 cm³/mol. The van der Waals surface area contributed by atoms with Crippen molar-refractivity contribution < 1.29 is 27.5 Å². The monoisotopic (exact) mass is 412 g/mol. The highest BCUT2D eigenvalue weighted by molar-refractivity contribution is 5.92. The molecule has 0 spiro atoms. The van der Waals surface area contributed by atoms with Crippen molar-refractivity contribution in [2.24, 2.45) is 0 Å². The third kappa shape index (κ3) is 7.63. The summed E-state index contributed by atoms with van der Waals surface area (Å²) in [5, 5.41) is 5.29. The van der Waals surface area contributed by atoms with Crippen LogP contribution in [0.4, 0.5) is 18.9 Å². The molecule has 2 rings (SSSR count). The highest BCUT2D eigenvalue weighted by Crippen LogP contribution is 2.23. The highest BCUT2D eigenvalue weighted by Gasteiger charge is 2.31. The Morgan fingerprint density at radius 2 is 1.83 bits per heavy atom. The zero-order valence-electron chi connectivity index (χ0n) is 16.0. The summed E-state index contributed by atoms with van der Waals surface area (Å²) in [4.78, 5) is 28.1. The second kappa shape index (κ2) is 10.1. The lowest BCUT2D eigenvalue weighted by atomic mass is 10.2. The number of amides is 2. The number of nitrogens with one attached hydrogen (secondary N) is 2. The first-order chi connectivity index (χ1) is 13.7. The summed E-state index contributed by atoms with van der Waals surface area (Å²) < 4.78 is 40.3. The van der Waals surface area contributed by atoms with E-state index in [0.29, 0.717) is 31.9 Å². The number of benzene rings is 1. The molecule has 0 aromatic heterocycles. The zero-order chi connectivity index (χ0) is 21.4. The number of ether oxygens (including phenoxy) is 1. The van der Waals surface area contributed by atoms with Gasteiger partial charge >= 0.3 is 6.36 Å². The van der Waals surface area contributed by atoms with Crippen LogP contribution in [0.25, 0.3) is 0 Å². The summed E-state index contributed by atoms with van der Waals surface area (Å²) >= 11 is 0. The van der Waals surface area contributed by atoms with Gasteiger partial charge in [0.2, 0.25) is 11.8 Å². The lowest BCUT2D eigenvalue weighted by Gasteiger charge is -2.37. The van der Waals surface area contributed by atoms with Crippen LogP contribution in [0.15, 0.2) is 24.3 Å². The van der Waals surface area contributed by atoms with Gasteiger partial charge in [0.15, 0.2) is 0 Å². The standard InChI is InChI=1S/C19H23F3N4O3/c1-3-8-23-18(28)14(2)26-11-9-25(10-12-26)13-17(27)24-15-4-6-16(7-5-15)29-19(20,21)22/h1,4-7,14H,8-13H2,2H3,(H,23,28)(H,24,27). The molecule has 1 unspecified atom stereocenters. The first-order valence-electron chi connectivity index (χ1n) is 9.01. The van der Waals surface area contributed by atoms with Gasteiger partial charge in [-0.3, -0.25) is 19.4 Å². The number of nitrogens with zero attached hydrogens (tertiary/aromatic N) is 2. The van der Waals surface area contributed by atoms with Crippen molar-refractivity contribution in [2.45, 2.75) is 19.3 Å². The lowest BCUT2D eigenvalue weighted by Crippen LogP contribution is -2.54. The number of carbonyl (C=O) groups excluding carboxylic acids is 2. The average Bonchev–Trinajstić information content (AvgIpc) is 2.66. The van der Waals surface area contributed by atoms with Crippen LogP contribution >= 0.6 is 0 Å². The minimum atomic E-state index is -4.76. The summed E-state index contributed by atoms with van der Waals surface area (Å²) in [6.45, 7) is 4.61. The van der Waals surface area contributed by atoms with E-state index in [1.54, 1.807) is 6.92 Å². The molecule has 0 bridgehead atoms. The van der Waals surface area contributed by atoms with Gasteiger partial charge in [0, 0.05) is 31.9 Å². The third-order valence-electron chi connectivity index (χ3n) is 4.44. The van der Waals surface area contributed by atoms with Gasteiger partial charge in [-0.25, -0.2) is 0 Å². The number of hydrogen-bond donors (Lipinski definition) is 2. The lowest BCUT2D eigenvalue weighted by molar-refractivity contribution is -0.274. The Morgan fingerprint density at radius 1 is 1.21 bits per heavy atom. The quantitative estimate of drug-likeness (QED) is 0.660. The van der Waals surface area contributed by atoms with Crippen LogP contribution in [0.1, 0.15) is 6.92 Å². The molecule has 1 aromatic rings.